The van der Waals surface area contributed by atoms with Crippen molar-refractivity contribution in [2.24, 2.45) is 5.73 Å². The van der Waals surface area contributed by atoms with Crippen molar-refractivity contribution in [3.63, 3.8) is 0 Å². The fourth-order valence-electron chi connectivity index (χ4n) is 1.14. The summed E-state index contributed by atoms with van der Waals surface area (Å²) in [6.07, 6.45) is 0. The van der Waals surface area contributed by atoms with Crippen LogP contribution in [0.4, 0.5) is 0 Å². The molecule has 0 aliphatic heterocycles. The first-order valence-corrected chi connectivity index (χ1v) is 4.94. The molecule has 1 aromatic carbocycles. The van der Waals surface area contributed by atoms with Crippen molar-refractivity contribution in [2.75, 3.05) is 0 Å². The van der Waals surface area contributed by atoms with Gasteiger partial charge in [-0.2, -0.15) is 4.98 Å². The third-order valence-electron chi connectivity index (χ3n) is 1.76. The van der Waals surface area contributed by atoms with Crippen molar-refractivity contribution in [1.82, 2.24) is 10.1 Å². The van der Waals surface area contributed by atoms with Crippen LogP contribution in [0, 0.1) is 0 Å². The Morgan fingerprint density at radius 3 is 2.31 bits per heavy atom. The molecule has 0 amide bonds. The molecule has 2 aromatic rings. The van der Waals surface area contributed by atoms with Gasteiger partial charge in [0, 0.05) is 15.6 Å². The lowest BCUT2D eigenvalue weighted by Gasteiger charge is -1.96. The van der Waals surface area contributed by atoms with Gasteiger partial charge < -0.3 is 10.3 Å². The van der Waals surface area contributed by atoms with E-state index in [4.69, 9.17) is 33.5 Å². The van der Waals surface area contributed by atoms with Crippen molar-refractivity contribution in [3.8, 4) is 11.4 Å². The van der Waals surface area contributed by atoms with Crippen molar-refractivity contribution >= 4 is 35.6 Å². The van der Waals surface area contributed by atoms with Crippen LogP contribution in [0.5, 0.6) is 0 Å². The molecule has 7 heteroatoms. The van der Waals surface area contributed by atoms with Gasteiger partial charge in [-0.1, -0.05) is 28.4 Å². The van der Waals surface area contributed by atoms with Gasteiger partial charge in [0.25, 0.3) is 0 Å². The molecule has 0 aliphatic carbocycles. The summed E-state index contributed by atoms with van der Waals surface area (Å²) in [5.41, 5.74) is 6.06. The summed E-state index contributed by atoms with van der Waals surface area (Å²) in [5, 5.41) is 4.81. The molecule has 2 N–H and O–H groups in total. The van der Waals surface area contributed by atoms with E-state index in [1.807, 2.05) is 0 Å². The summed E-state index contributed by atoms with van der Waals surface area (Å²) in [6, 6.07) is 5.05. The van der Waals surface area contributed by atoms with Crippen LogP contribution < -0.4 is 5.73 Å². The van der Waals surface area contributed by atoms with Gasteiger partial charge in [0.1, 0.15) is 0 Å². The zero-order valence-electron chi connectivity index (χ0n) is 7.98. The highest BCUT2D eigenvalue weighted by Gasteiger charge is 2.08. The molecule has 0 saturated carbocycles. The Kier molecular flexibility index (Phi) is 4.56. The zero-order valence-corrected chi connectivity index (χ0v) is 10.3. The Morgan fingerprint density at radius 2 is 1.81 bits per heavy atom. The van der Waals surface area contributed by atoms with Gasteiger partial charge in [0.05, 0.1) is 6.54 Å². The van der Waals surface area contributed by atoms with E-state index in [0.29, 0.717) is 27.3 Å². The van der Waals surface area contributed by atoms with Crippen molar-refractivity contribution < 1.29 is 4.52 Å². The van der Waals surface area contributed by atoms with E-state index in [0.717, 1.165) is 0 Å². The first kappa shape index (κ1) is 13.3. The fourth-order valence-corrected chi connectivity index (χ4v) is 1.66. The molecule has 1 aromatic heterocycles. The van der Waals surface area contributed by atoms with E-state index >= 15 is 0 Å². The summed E-state index contributed by atoms with van der Waals surface area (Å²) < 4.78 is 4.88. The van der Waals surface area contributed by atoms with Crippen molar-refractivity contribution in [2.45, 2.75) is 6.54 Å². The van der Waals surface area contributed by atoms with E-state index in [9.17, 15) is 0 Å². The lowest BCUT2D eigenvalue weighted by molar-refractivity contribution is 0.380. The predicted octanol–water partition coefficient (Wildman–Crippen LogP) is 2.92. The van der Waals surface area contributed by atoms with Gasteiger partial charge in [-0.05, 0) is 18.2 Å². The lowest BCUT2D eigenvalue weighted by Crippen LogP contribution is -1.95. The molecular weight excluding hydrogens is 272 g/mol. The third-order valence-corrected chi connectivity index (χ3v) is 2.20. The molecule has 0 spiro atoms. The topological polar surface area (TPSA) is 64.9 Å². The van der Waals surface area contributed by atoms with Crippen LogP contribution in [0.15, 0.2) is 22.7 Å². The second-order valence-corrected chi connectivity index (χ2v) is 3.75. The maximum absolute atomic E-state index is 5.85. The Labute approximate surface area is 108 Å². The van der Waals surface area contributed by atoms with E-state index in [2.05, 4.69) is 10.1 Å². The first-order chi connectivity index (χ1) is 7.19. The molecular formula is C9H8Cl3N3O. The molecule has 0 atom stereocenters. The standard InChI is InChI=1S/C9H7Cl2N3O.ClH/c10-6-1-5(2-7(11)3-6)9-13-8(4-12)15-14-9;/h1-3H,4,12H2;1H. The van der Waals surface area contributed by atoms with Gasteiger partial charge >= 0.3 is 0 Å². The smallest absolute Gasteiger partial charge is 0.240 e. The predicted molar refractivity (Wildman–Crippen MR) is 64.9 cm³/mol. The highest BCUT2D eigenvalue weighted by atomic mass is 35.5. The number of nitrogens with two attached hydrogens (primary N) is 1. The molecule has 4 nitrogen and oxygen atoms in total. The molecule has 0 unspecified atom stereocenters. The molecule has 0 saturated heterocycles. The Bertz CT molecular complexity index is 466. The van der Waals surface area contributed by atoms with Crippen LogP contribution in [0.3, 0.4) is 0 Å². The summed E-state index contributed by atoms with van der Waals surface area (Å²) >= 11 is 11.7. The van der Waals surface area contributed by atoms with Gasteiger partial charge in [-0.25, -0.2) is 0 Å². The van der Waals surface area contributed by atoms with Gasteiger partial charge in [-0.3, -0.25) is 0 Å². The van der Waals surface area contributed by atoms with Crippen molar-refractivity contribution in [3.05, 3.63) is 34.1 Å². The SMILES string of the molecule is Cl.NCc1nc(-c2cc(Cl)cc(Cl)c2)no1. The molecule has 0 aliphatic rings. The second-order valence-electron chi connectivity index (χ2n) is 2.87. The van der Waals surface area contributed by atoms with E-state index in [1.54, 1.807) is 18.2 Å². The maximum Gasteiger partial charge on any atom is 0.240 e. The summed E-state index contributed by atoms with van der Waals surface area (Å²) in [6.45, 7) is 0.210. The highest BCUT2D eigenvalue weighted by Crippen LogP contribution is 2.25. The number of halogens is 3. The minimum Gasteiger partial charge on any atom is -0.338 e. The molecule has 16 heavy (non-hydrogen) atoms. The molecule has 2 rings (SSSR count). The van der Waals surface area contributed by atoms with E-state index < -0.39 is 0 Å². The Balaban J connectivity index is 0.00000128. The monoisotopic (exact) mass is 279 g/mol. The average molecular weight is 281 g/mol. The number of nitrogens with zero attached hydrogens (tertiary/aromatic N) is 2. The third kappa shape index (κ3) is 2.86. The molecule has 1 heterocycles. The number of aromatic nitrogens is 2. The average Bonchev–Trinajstić information content (AvgIpc) is 2.64. The van der Waals surface area contributed by atoms with Crippen molar-refractivity contribution in [1.29, 1.82) is 0 Å². The largest absolute Gasteiger partial charge is 0.338 e. The van der Waals surface area contributed by atoms with E-state index in [-0.39, 0.29) is 19.0 Å². The second kappa shape index (κ2) is 5.50. The minimum absolute atomic E-state index is 0. The number of hydrogen-bond donors (Lipinski definition) is 1. The normalized spacial score (nSPS) is 9.94. The highest BCUT2D eigenvalue weighted by molar-refractivity contribution is 6.35. The maximum atomic E-state index is 5.85. The summed E-state index contributed by atoms with van der Waals surface area (Å²) in [7, 11) is 0. The van der Waals surface area contributed by atoms with Gasteiger partial charge in [-0.15, -0.1) is 12.4 Å². The van der Waals surface area contributed by atoms with Gasteiger partial charge in [0.15, 0.2) is 0 Å². The fraction of sp³-hybridized carbons (Fsp3) is 0.111. The number of hydrogen-bond acceptors (Lipinski definition) is 4. The molecule has 0 radical (unpaired) electrons. The van der Waals surface area contributed by atoms with Crippen LogP contribution in [0.1, 0.15) is 5.89 Å². The van der Waals surface area contributed by atoms with E-state index in [1.165, 1.54) is 0 Å². The van der Waals surface area contributed by atoms with Crippen LogP contribution in [0.25, 0.3) is 11.4 Å². The Morgan fingerprint density at radius 1 is 1.19 bits per heavy atom. The molecule has 0 fully saturated rings. The number of rotatable bonds is 2. The zero-order chi connectivity index (χ0) is 10.8. The minimum atomic E-state index is 0. The molecule has 0 bridgehead atoms. The summed E-state index contributed by atoms with van der Waals surface area (Å²) in [5.74, 6) is 0.806. The van der Waals surface area contributed by atoms with Crippen LogP contribution in [-0.4, -0.2) is 10.1 Å². The van der Waals surface area contributed by atoms with Crippen LogP contribution in [0.2, 0.25) is 10.0 Å². The molecule has 86 valence electrons. The Hall–Kier alpha value is -0.810. The van der Waals surface area contributed by atoms with Crippen LogP contribution >= 0.6 is 35.6 Å². The quantitative estimate of drug-likeness (QED) is 0.918. The lowest BCUT2D eigenvalue weighted by atomic mass is 10.2. The van der Waals surface area contributed by atoms with Crippen LogP contribution in [-0.2, 0) is 6.54 Å². The first-order valence-electron chi connectivity index (χ1n) is 4.18. The summed E-state index contributed by atoms with van der Waals surface area (Å²) in [4.78, 5) is 4.06. The van der Waals surface area contributed by atoms with Gasteiger partial charge in [0.2, 0.25) is 11.7 Å². The number of benzene rings is 1.